The number of benzene rings is 1. The summed E-state index contributed by atoms with van der Waals surface area (Å²) in [4.78, 5) is 4.02. The molecule has 1 aromatic carbocycles. The predicted octanol–water partition coefficient (Wildman–Crippen LogP) is 2.82. The van der Waals surface area contributed by atoms with Crippen molar-refractivity contribution in [2.45, 2.75) is 19.9 Å². The quantitative estimate of drug-likeness (QED) is 0.810. The van der Waals surface area contributed by atoms with Crippen molar-refractivity contribution < 1.29 is 9.47 Å². The van der Waals surface area contributed by atoms with Crippen molar-refractivity contribution in [1.82, 2.24) is 10.3 Å². The lowest BCUT2D eigenvalue weighted by Gasteiger charge is -2.16. The Hall–Kier alpha value is -2.07. The molecule has 2 aromatic rings. The van der Waals surface area contributed by atoms with Gasteiger partial charge in [-0.25, -0.2) is 0 Å². The maximum absolute atomic E-state index is 5.99. The average Bonchev–Trinajstić information content (AvgIpc) is 2.51. The maximum Gasteiger partial charge on any atom is 0.165 e. The van der Waals surface area contributed by atoms with E-state index in [4.69, 9.17) is 9.47 Å². The molecule has 0 fully saturated rings. The molecule has 0 radical (unpaired) electrons. The first-order valence-corrected chi connectivity index (χ1v) is 7.26. The van der Waals surface area contributed by atoms with Gasteiger partial charge in [-0.1, -0.05) is 12.1 Å². The number of hydrogen-bond acceptors (Lipinski definition) is 4. The van der Waals surface area contributed by atoms with Crippen LogP contribution in [0.3, 0.4) is 0 Å². The summed E-state index contributed by atoms with van der Waals surface area (Å²) in [6.45, 7) is 3.98. The molecule has 4 heteroatoms. The summed E-state index contributed by atoms with van der Waals surface area (Å²) < 4.78 is 11.7. The Labute approximate surface area is 126 Å². The van der Waals surface area contributed by atoms with Crippen LogP contribution in [-0.4, -0.2) is 25.2 Å². The van der Waals surface area contributed by atoms with E-state index in [0.717, 1.165) is 30.0 Å². The Morgan fingerprint density at radius 2 is 1.90 bits per heavy atom. The number of pyridine rings is 1. The zero-order valence-electron chi connectivity index (χ0n) is 12.6. The number of ether oxygens (including phenoxy) is 2. The molecule has 2 rings (SSSR count). The molecule has 0 aliphatic rings. The lowest BCUT2D eigenvalue weighted by atomic mass is 10.1. The summed E-state index contributed by atoms with van der Waals surface area (Å²) in [5.74, 6) is 1.64. The largest absolute Gasteiger partial charge is 0.490 e. The number of para-hydroxylation sites is 1. The van der Waals surface area contributed by atoms with Gasteiger partial charge in [0.1, 0.15) is 0 Å². The highest BCUT2D eigenvalue weighted by atomic mass is 16.5. The molecule has 0 saturated heterocycles. The van der Waals surface area contributed by atoms with Crippen LogP contribution in [-0.2, 0) is 13.0 Å². The van der Waals surface area contributed by atoms with Crippen molar-refractivity contribution in [3.63, 3.8) is 0 Å². The number of aromatic nitrogens is 1. The lowest BCUT2D eigenvalue weighted by Crippen LogP contribution is -2.10. The van der Waals surface area contributed by atoms with Crippen LogP contribution in [0.1, 0.15) is 18.1 Å². The fourth-order valence-corrected chi connectivity index (χ4v) is 2.14. The summed E-state index contributed by atoms with van der Waals surface area (Å²) >= 11 is 0. The summed E-state index contributed by atoms with van der Waals surface area (Å²) in [5, 5.41) is 3.16. The van der Waals surface area contributed by atoms with E-state index in [-0.39, 0.29) is 0 Å². The Morgan fingerprint density at radius 1 is 1.10 bits per heavy atom. The van der Waals surface area contributed by atoms with Gasteiger partial charge in [0.05, 0.1) is 13.2 Å². The standard InChI is InChI=1S/C17H22N2O2/c1-3-20-16-6-4-5-15(13-18-2)17(16)21-12-9-14-7-10-19-11-8-14/h4-8,10-11,18H,3,9,12-13H2,1-2H3. The second-order valence-electron chi connectivity index (χ2n) is 4.66. The van der Waals surface area contributed by atoms with E-state index in [9.17, 15) is 0 Å². The van der Waals surface area contributed by atoms with Gasteiger partial charge in [-0.05, 0) is 37.7 Å². The Morgan fingerprint density at radius 3 is 2.62 bits per heavy atom. The van der Waals surface area contributed by atoms with Crippen LogP contribution in [0.2, 0.25) is 0 Å². The van der Waals surface area contributed by atoms with E-state index in [1.165, 1.54) is 5.56 Å². The predicted molar refractivity (Wildman–Crippen MR) is 83.8 cm³/mol. The van der Waals surface area contributed by atoms with Crippen LogP contribution in [0, 0.1) is 0 Å². The fourth-order valence-electron chi connectivity index (χ4n) is 2.14. The van der Waals surface area contributed by atoms with Gasteiger partial charge in [-0.2, -0.15) is 0 Å². The highest BCUT2D eigenvalue weighted by Crippen LogP contribution is 2.31. The van der Waals surface area contributed by atoms with E-state index in [0.29, 0.717) is 13.2 Å². The van der Waals surface area contributed by atoms with E-state index < -0.39 is 0 Å². The lowest BCUT2D eigenvalue weighted by molar-refractivity contribution is 0.276. The van der Waals surface area contributed by atoms with Crippen LogP contribution >= 0.6 is 0 Å². The third kappa shape index (κ3) is 4.46. The van der Waals surface area contributed by atoms with Gasteiger partial charge in [0, 0.05) is 30.9 Å². The molecule has 1 N–H and O–H groups in total. The SMILES string of the molecule is CCOc1cccc(CNC)c1OCCc1ccncc1. The molecule has 0 bridgehead atoms. The van der Waals surface area contributed by atoms with E-state index in [2.05, 4.69) is 16.4 Å². The van der Waals surface area contributed by atoms with Crippen LogP contribution in [0.4, 0.5) is 0 Å². The summed E-state index contributed by atoms with van der Waals surface area (Å²) in [6.07, 6.45) is 4.45. The second-order valence-corrected chi connectivity index (χ2v) is 4.66. The Balaban J connectivity index is 2.06. The number of nitrogens with one attached hydrogen (secondary N) is 1. The van der Waals surface area contributed by atoms with Crippen molar-refractivity contribution in [2.75, 3.05) is 20.3 Å². The van der Waals surface area contributed by atoms with Gasteiger partial charge in [-0.3, -0.25) is 4.98 Å². The van der Waals surface area contributed by atoms with Crippen LogP contribution in [0.15, 0.2) is 42.7 Å². The monoisotopic (exact) mass is 286 g/mol. The smallest absolute Gasteiger partial charge is 0.165 e. The molecule has 0 saturated carbocycles. The molecule has 4 nitrogen and oxygen atoms in total. The van der Waals surface area contributed by atoms with Crippen LogP contribution in [0.5, 0.6) is 11.5 Å². The number of rotatable bonds is 8. The average molecular weight is 286 g/mol. The van der Waals surface area contributed by atoms with Crippen molar-refractivity contribution in [2.24, 2.45) is 0 Å². The molecule has 1 heterocycles. The summed E-state index contributed by atoms with van der Waals surface area (Å²) in [7, 11) is 1.92. The first-order valence-electron chi connectivity index (χ1n) is 7.26. The first kappa shape index (κ1) is 15.3. The Kier molecular flexibility index (Phi) is 6.03. The molecule has 21 heavy (non-hydrogen) atoms. The molecule has 0 aliphatic heterocycles. The number of hydrogen-bond donors (Lipinski definition) is 1. The molecule has 0 aliphatic carbocycles. The topological polar surface area (TPSA) is 43.4 Å². The van der Waals surface area contributed by atoms with Crippen molar-refractivity contribution in [3.8, 4) is 11.5 Å². The summed E-state index contributed by atoms with van der Waals surface area (Å²) in [5.41, 5.74) is 2.33. The van der Waals surface area contributed by atoms with Gasteiger partial charge >= 0.3 is 0 Å². The molecule has 0 atom stereocenters. The maximum atomic E-state index is 5.99. The molecule has 0 amide bonds. The van der Waals surface area contributed by atoms with Crippen molar-refractivity contribution >= 4 is 0 Å². The molecule has 1 aromatic heterocycles. The van der Waals surface area contributed by atoms with E-state index >= 15 is 0 Å². The number of nitrogens with zero attached hydrogens (tertiary/aromatic N) is 1. The zero-order chi connectivity index (χ0) is 14.9. The molecule has 0 unspecified atom stereocenters. The molecule has 112 valence electrons. The third-order valence-electron chi connectivity index (χ3n) is 3.11. The normalized spacial score (nSPS) is 10.4. The van der Waals surface area contributed by atoms with Crippen LogP contribution < -0.4 is 14.8 Å². The van der Waals surface area contributed by atoms with Gasteiger partial charge in [0.25, 0.3) is 0 Å². The molecule has 0 spiro atoms. The second kappa shape index (κ2) is 8.27. The van der Waals surface area contributed by atoms with Crippen LogP contribution in [0.25, 0.3) is 0 Å². The molecular weight excluding hydrogens is 264 g/mol. The van der Waals surface area contributed by atoms with Gasteiger partial charge in [-0.15, -0.1) is 0 Å². The minimum absolute atomic E-state index is 0.616. The Bertz CT molecular complexity index is 519. The van der Waals surface area contributed by atoms with Crippen molar-refractivity contribution in [1.29, 1.82) is 0 Å². The van der Waals surface area contributed by atoms with E-state index in [1.807, 2.05) is 38.2 Å². The van der Waals surface area contributed by atoms with Gasteiger partial charge < -0.3 is 14.8 Å². The van der Waals surface area contributed by atoms with Crippen molar-refractivity contribution in [3.05, 3.63) is 53.9 Å². The minimum Gasteiger partial charge on any atom is -0.490 e. The highest BCUT2D eigenvalue weighted by Gasteiger charge is 2.10. The first-order chi connectivity index (χ1) is 10.3. The third-order valence-corrected chi connectivity index (χ3v) is 3.11. The minimum atomic E-state index is 0.616. The molecular formula is C17H22N2O2. The summed E-state index contributed by atoms with van der Waals surface area (Å²) in [6, 6.07) is 10.0. The van der Waals surface area contributed by atoms with E-state index in [1.54, 1.807) is 12.4 Å². The fraction of sp³-hybridized carbons (Fsp3) is 0.353. The van der Waals surface area contributed by atoms with Gasteiger partial charge in [0.15, 0.2) is 11.5 Å². The zero-order valence-corrected chi connectivity index (χ0v) is 12.6. The van der Waals surface area contributed by atoms with Gasteiger partial charge in [0.2, 0.25) is 0 Å². The highest BCUT2D eigenvalue weighted by molar-refractivity contribution is 5.46.